The van der Waals surface area contributed by atoms with E-state index in [1.54, 1.807) is 6.08 Å². The van der Waals surface area contributed by atoms with Crippen LogP contribution in [0.5, 0.6) is 0 Å². The van der Waals surface area contributed by atoms with Gasteiger partial charge in [0.1, 0.15) is 0 Å². The van der Waals surface area contributed by atoms with Crippen LogP contribution < -0.4 is 10.2 Å². The summed E-state index contributed by atoms with van der Waals surface area (Å²) in [5, 5.41) is 3.39. The van der Waals surface area contributed by atoms with Gasteiger partial charge in [-0.2, -0.15) is 0 Å². The zero-order valence-electron chi connectivity index (χ0n) is 21.1. The molecule has 0 unspecified atom stereocenters. The summed E-state index contributed by atoms with van der Waals surface area (Å²) in [5.41, 5.74) is 6.25. The van der Waals surface area contributed by atoms with Gasteiger partial charge in [-0.05, 0) is 74.2 Å². The van der Waals surface area contributed by atoms with Crippen molar-refractivity contribution >= 4 is 23.2 Å². The maximum absolute atomic E-state index is 13.0. The molecule has 0 atom stereocenters. The number of rotatable bonds is 9. The van der Waals surface area contributed by atoms with E-state index in [1.165, 1.54) is 16.8 Å². The zero-order valence-corrected chi connectivity index (χ0v) is 21.1. The van der Waals surface area contributed by atoms with Crippen LogP contribution in [0.15, 0.2) is 78.9 Å². The molecule has 1 aliphatic rings. The average Bonchev–Trinajstić information content (AvgIpc) is 2.88. The first-order valence-electron chi connectivity index (χ1n) is 12.3. The van der Waals surface area contributed by atoms with E-state index in [9.17, 15) is 4.79 Å². The van der Waals surface area contributed by atoms with Gasteiger partial charge in [0.05, 0.1) is 0 Å². The maximum atomic E-state index is 13.0. The van der Waals surface area contributed by atoms with E-state index in [0.29, 0.717) is 5.56 Å². The molecule has 3 aromatic carbocycles. The molecule has 1 heterocycles. The van der Waals surface area contributed by atoms with Crippen molar-refractivity contribution in [3.05, 3.63) is 90.0 Å². The summed E-state index contributed by atoms with van der Waals surface area (Å²) in [6.45, 7) is 5.89. The summed E-state index contributed by atoms with van der Waals surface area (Å²) in [6, 6.07) is 24.8. The minimum atomic E-state index is 0.00696. The Labute approximate surface area is 209 Å². The number of piperazine rings is 1. The highest BCUT2D eigenvalue weighted by molar-refractivity contribution is 6.07. The average molecular weight is 469 g/mol. The molecule has 0 spiro atoms. The van der Waals surface area contributed by atoms with Gasteiger partial charge < -0.3 is 20.0 Å². The number of nitrogens with zero attached hydrogens (tertiary/aromatic N) is 3. The van der Waals surface area contributed by atoms with E-state index < -0.39 is 0 Å². The second kappa shape index (κ2) is 11.8. The molecule has 5 nitrogen and oxygen atoms in total. The summed E-state index contributed by atoms with van der Waals surface area (Å²) in [6.07, 6.45) is 3.64. The van der Waals surface area contributed by atoms with Crippen molar-refractivity contribution < 1.29 is 4.79 Å². The molecular formula is C30H36N4O. The lowest BCUT2D eigenvalue weighted by Gasteiger charge is -2.34. The van der Waals surface area contributed by atoms with Crippen molar-refractivity contribution in [3.8, 4) is 11.1 Å². The van der Waals surface area contributed by atoms with Gasteiger partial charge in [0.25, 0.3) is 0 Å². The van der Waals surface area contributed by atoms with Crippen LogP contribution >= 0.6 is 0 Å². The molecule has 1 aliphatic heterocycles. The van der Waals surface area contributed by atoms with E-state index >= 15 is 0 Å². The molecule has 1 N–H and O–H groups in total. The van der Waals surface area contributed by atoms with Gasteiger partial charge >= 0.3 is 0 Å². The Morgan fingerprint density at radius 3 is 2.43 bits per heavy atom. The Morgan fingerprint density at radius 1 is 0.914 bits per heavy atom. The van der Waals surface area contributed by atoms with E-state index in [1.807, 2.05) is 50.5 Å². The fourth-order valence-corrected chi connectivity index (χ4v) is 4.25. The molecule has 0 amide bonds. The molecule has 35 heavy (non-hydrogen) atoms. The fraction of sp³-hybridized carbons (Fsp3) is 0.300. The largest absolute Gasteiger partial charge is 0.384 e. The SMILES string of the molecule is CN(C)CCNc1cccc(C(=O)C=Cc2cc(-c3ccccc3)cc(N3CCN(C)CC3)c2)c1. The lowest BCUT2D eigenvalue weighted by molar-refractivity contribution is 0.104. The molecular weight excluding hydrogens is 432 g/mol. The van der Waals surface area contributed by atoms with E-state index in [-0.39, 0.29) is 5.78 Å². The number of anilines is 2. The number of hydrogen-bond donors (Lipinski definition) is 1. The summed E-state index contributed by atoms with van der Waals surface area (Å²) in [5.74, 6) is 0.00696. The molecule has 0 aromatic heterocycles. The van der Waals surface area contributed by atoms with Gasteiger partial charge in [0.2, 0.25) is 0 Å². The molecule has 0 bridgehead atoms. The minimum absolute atomic E-state index is 0.00696. The molecule has 1 saturated heterocycles. The van der Waals surface area contributed by atoms with Gasteiger partial charge in [0.15, 0.2) is 5.78 Å². The highest BCUT2D eigenvalue weighted by Crippen LogP contribution is 2.28. The van der Waals surface area contributed by atoms with Crippen LogP contribution in [0.2, 0.25) is 0 Å². The minimum Gasteiger partial charge on any atom is -0.384 e. The Hall–Kier alpha value is -3.41. The van der Waals surface area contributed by atoms with Gasteiger partial charge in [0, 0.05) is 56.2 Å². The zero-order chi connectivity index (χ0) is 24.6. The highest BCUT2D eigenvalue weighted by atomic mass is 16.1. The van der Waals surface area contributed by atoms with Crippen molar-refractivity contribution in [2.75, 3.05) is 70.6 Å². The third-order valence-electron chi connectivity index (χ3n) is 6.38. The van der Waals surface area contributed by atoms with Gasteiger partial charge in [-0.25, -0.2) is 0 Å². The number of carbonyl (C=O) groups is 1. The van der Waals surface area contributed by atoms with Gasteiger partial charge in [-0.1, -0.05) is 48.5 Å². The monoisotopic (exact) mass is 468 g/mol. The topological polar surface area (TPSA) is 38.8 Å². The van der Waals surface area contributed by atoms with Crippen LogP contribution in [-0.4, -0.2) is 76.0 Å². The van der Waals surface area contributed by atoms with E-state index in [4.69, 9.17) is 0 Å². The lowest BCUT2D eigenvalue weighted by atomic mass is 10.0. The van der Waals surface area contributed by atoms with Gasteiger partial charge in [-0.3, -0.25) is 4.79 Å². The second-order valence-corrected chi connectivity index (χ2v) is 9.48. The molecule has 0 saturated carbocycles. The fourth-order valence-electron chi connectivity index (χ4n) is 4.25. The maximum Gasteiger partial charge on any atom is 0.185 e. The van der Waals surface area contributed by atoms with Crippen molar-refractivity contribution in [1.29, 1.82) is 0 Å². The predicted molar refractivity (Wildman–Crippen MR) is 148 cm³/mol. The predicted octanol–water partition coefficient (Wildman–Crippen LogP) is 4.98. The van der Waals surface area contributed by atoms with Crippen LogP contribution in [0.1, 0.15) is 15.9 Å². The second-order valence-electron chi connectivity index (χ2n) is 9.48. The van der Waals surface area contributed by atoms with Crippen LogP contribution in [0.4, 0.5) is 11.4 Å². The number of hydrogen-bond acceptors (Lipinski definition) is 5. The number of allylic oxidation sites excluding steroid dienone is 1. The first-order valence-corrected chi connectivity index (χ1v) is 12.3. The molecule has 0 aliphatic carbocycles. The highest BCUT2D eigenvalue weighted by Gasteiger charge is 2.15. The third kappa shape index (κ3) is 7.04. The summed E-state index contributed by atoms with van der Waals surface area (Å²) >= 11 is 0. The molecule has 4 rings (SSSR count). The number of benzene rings is 3. The number of likely N-dealkylation sites (N-methyl/N-ethyl adjacent to an activating group) is 2. The Bertz CT molecular complexity index is 1150. The van der Waals surface area contributed by atoms with Crippen molar-refractivity contribution in [2.45, 2.75) is 0 Å². The molecule has 3 aromatic rings. The Morgan fingerprint density at radius 2 is 1.69 bits per heavy atom. The lowest BCUT2D eigenvalue weighted by Crippen LogP contribution is -2.44. The summed E-state index contributed by atoms with van der Waals surface area (Å²) < 4.78 is 0. The molecule has 0 radical (unpaired) electrons. The van der Waals surface area contributed by atoms with Gasteiger partial charge in [-0.15, -0.1) is 0 Å². The first kappa shape index (κ1) is 24.7. The van der Waals surface area contributed by atoms with Crippen LogP contribution in [-0.2, 0) is 0 Å². The van der Waals surface area contributed by atoms with E-state index in [2.05, 4.69) is 69.5 Å². The standard InChI is InChI=1S/C30H36N4O/c1-32(2)15-14-31-28-11-7-10-26(22-28)30(35)13-12-24-20-27(25-8-5-4-6-9-25)23-29(21-24)34-18-16-33(3)17-19-34/h4-13,20-23,31H,14-19H2,1-3H3. The first-order chi connectivity index (χ1) is 17.0. The number of ketones is 1. The summed E-state index contributed by atoms with van der Waals surface area (Å²) in [7, 11) is 6.27. The molecule has 1 fully saturated rings. The normalized spacial score (nSPS) is 14.6. The Kier molecular flexibility index (Phi) is 8.35. The van der Waals surface area contributed by atoms with Crippen LogP contribution in [0.25, 0.3) is 17.2 Å². The summed E-state index contributed by atoms with van der Waals surface area (Å²) in [4.78, 5) is 19.9. The molecule has 182 valence electrons. The molecule has 5 heteroatoms. The van der Waals surface area contributed by atoms with Crippen molar-refractivity contribution in [1.82, 2.24) is 9.80 Å². The number of carbonyl (C=O) groups excluding carboxylic acids is 1. The third-order valence-corrected chi connectivity index (χ3v) is 6.38. The van der Waals surface area contributed by atoms with Crippen molar-refractivity contribution in [3.63, 3.8) is 0 Å². The van der Waals surface area contributed by atoms with Crippen molar-refractivity contribution in [2.24, 2.45) is 0 Å². The van der Waals surface area contributed by atoms with Crippen LogP contribution in [0, 0.1) is 0 Å². The Balaban J connectivity index is 1.55. The van der Waals surface area contributed by atoms with E-state index in [0.717, 1.165) is 50.5 Å². The van der Waals surface area contributed by atoms with Crippen LogP contribution in [0.3, 0.4) is 0 Å². The number of nitrogens with one attached hydrogen (secondary N) is 1. The quantitative estimate of drug-likeness (QED) is 0.354. The smallest absolute Gasteiger partial charge is 0.185 e.